The molecule has 0 unspecified atom stereocenters. The summed E-state index contributed by atoms with van der Waals surface area (Å²) in [5, 5.41) is 2.92. The van der Waals surface area contributed by atoms with Gasteiger partial charge in [0.2, 0.25) is 3.79 Å². The van der Waals surface area contributed by atoms with E-state index in [2.05, 4.69) is 10.1 Å². The van der Waals surface area contributed by atoms with Gasteiger partial charge in [0.15, 0.2) is 0 Å². The van der Waals surface area contributed by atoms with Gasteiger partial charge in [-0.25, -0.2) is 13.6 Å². The van der Waals surface area contributed by atoms with Crippen molar-refractivity contribution in [3.05, 3.63) is 35.4 Å². The number of carbonyl (C=O) groups is 2. The third-order valence-corrected chi connectivity index (χ3v) is 4.31. The van der Waals surface area contributed by atoms with Gasteiger partial charge in [0.25, 0.3) is 0 Å². The molecule has 1 aliphatic heterocycles. The molecule has 1 aliphatic rings. The lowest BCUT2D eigenvalue weighted by atomic mass is 10.1. The molecule has 1 fully saturated rings. The van der Waals surface area contributed by atoms with E-state index in [0.29, 0.717) is 6.07 Å². The summed E-state index contributed by atoms with van der Waals surface area (Å²) in [6.07, 6.45) is -0.638. The van der Waals surface area contributed by atoms with Crippen LogP contribution in [0.4, 0.5) is 13.6 Å². The zero-order valence-electron chi connectivity index (χ0n) is 14.2. The van der Waals surface area contributed by atoms with Crippen LogP contribution in [0.15, 0.2) is 18.2 Å². The maximum Gasteiger partial charge on any atom is 0.410 e. The number of ether oxygens (including phenoxy) is 2. The summed E-state index contributed by atoms with van der Waals surface area (Å²) < 4.78 is 35.0. The number of alkyl halides is 3. The van der Waals surface area contributed by atoms with Gasteiger partial charge in [-0.3, -0.25) is 9.69 Å². The number of hydrogen-bond acceptors (Lipinski definition) is 5. The van der Waals surface area contributed by atoms with Crippen LogP contribution in [0.1, 0.15) is 12.0 Å². The van der Waals surface area contributed by atoms with Crippen molar-refractivity contribution in [1.82, 2.24) is 10.2 Å². The number of halogens is 5. The molecule has 27 heavy (non-hydrogen) atoms. The Bertz CT molecular complexity index is 703. The van der Waals surface area contributed by atoms with Crippen molar-refractivity contribution in [3.63, 3.8) is 0 Å². The highest BCUT2D eigenvalue weighted by Gasteiger charge is 2.37. The first-order chi connectivity index (χ1) is 12.6. The molecule has 2 rings (SSSR count). The second-order valence-electron chi connectivity index (χ2n) is 5.91. The number of carbonyl (C=O) groups excluding carboxylic acids is 2. The van der Waals surface area contributed by atoms with E-state index in [0.717, 1.165) is 6.07 Å². The number of methoxy groups -OCH3 is 1. The van der Waals surface area contributed by atoms with E-state index in [-0.39, 0.29) is 25.1 Å². The molecule has 1 amide bonds. The normalized spacial score (nSPS) is 19.6. The maximum absolute atomic E-state index is 14.0. The van der Waals surface area contributed by atoms with Crippen molar-refractivity contribution >= 4 is 46.9 Å². The highest BCUT2D eigenvalue weighted by atomic mass is 35.6. The van der Waals surface area contributed by atoms with Gasteiger partial charge in [0.05, 0.1) is 13.7 Å². The van der Waals surface area contributed by atoms with Crippen LogP contribution in [0.3, 0.4) is 0 Å². The molecular formula is C16H17Cl3F2N2O4. The topological polar surface area (TPSA) is 67.9 Å². The van der Waals surface area contributed by atoms with Crippen molar-refractivity contribution in [2.24, 2.45) is 0 Å². The molecule has 6 nitrogen and oxygen atoms in total. The smallest absolute Gasteiger partial charge is 0.410 e. The van der Waals surface area contributed by atoms with E-state index in [1.165, 1.54) is 18.1 Å². The highest BCUT2D eigenvalue weighted by molar-refractivity contribution is 6.67. The summed E-state index contributed by atoms with van der Waals surface area (Å²) in [5.74, 6) is -2.04. The van der Waals surface area contributed by atoms with Crippen LogP contribution < -0.4 is 5.32 Å². The minimum atomic E-state index is -1.81. The standard InChI is InChI=1S/C16H17Cl3F2N2O4/c1-26-14(24)13-5-11(6-22-13)23(15(25)27-8-16(17,18)19)7-9-2-3-10(20)4-12(9)21/h2-4,11,13,22H,5-8H2,1H3/t11-,13+/m1/s1. The Hall–Kier alpha value is -1.35. The van der Waals surface area contributed by atoms with E-state index in [4.69, 9.17) is 39.5 Å². The van der Waals surface area contributed by atoms with Crippen LogP contribution in [0, 0.1) is 11.6 Å². The minimum Gasteiger partial charge on any atom is -0.468 e. The maximum atomic E-state index is 14.0. The van der Waals surface area contributed by atoms with Gasteiger partial charge in [0.1, 0.15) is 24.3 Å². The summed E-state index contributed by atoms with van der Waals surface area (Å²) in [6, 6.07) is 1.88. The van der Waals surface area contributed by atoms with E-state index in [9.17, 15) is 18.4 Å². The summed E-state index contributed by atoms with van der Waals surface area (Å²) in [5.41, 5.74) is 0.0729. The van der Waals surface area contributed by atoms with Gasteiger partial charge in [-0.1, -0.05) is 40.9 Å². The Morgan fingerprint density at radius 3 is 2.63 bits per heavy atom. The number of nitrogens with zero attached hydrogens (tertiary/aromatic N) is 1. The number of benzene rings is 1. The highest BCUT2D eigenvalue weighted by Crippen LogP contribution is 2.27. The average Bonchev–Trinajstić information content (AvgIpc) is 3.07. The number of amides is 1. The second kappa shape index (κ2) is 9.23. The van der Waals surface area contributed by atoms with Crippen LogP contribution in [0.25, 0.3) is 0 Å². The lowest BCUT2D eigenvalue weighted by molar-refractivity contribution is -0.142. The molecular weight excluding hydrogens is 429 g/mol. The molecule has 1 N–H and O–H groups in total. The predicted octanol–water partition coefficient (Wildman–Crippen LogP) is 3.18. The number of hydrogen-bond donors (Lipinski definition) is 1. The van der Waals surface area contributed by atoms with Gasteiger partial charge < -0.3 is 14.8 Å². The first-order valence-corrected chi connectivity index (χ1v) is 8.99. The van der Waals surface area contributed by atoms with Crippen LogP contribution in [0.5, 0.6) is 0 Å². The van der Waals surface area contributed by atoms with Crippen molar-refractivity contribution in [3.8, 4) is 0 Å². The van der Waals surface area contributed by atoms with Gasteiger partial charge in [-0.15, -0.1) is 0 Å². The predicted molar refractivity (Wildman–Crippen MR) is 95.8 cm³/mol. The fourth-order valence-corrected chi connectivity index (χ4v) is 2.84. The molecule has 0 radical (unpaired) electrons. The van der Waals surface area contributed by atoms with Crippen LogP contribution in [0.2, 0.25) is 0 Å². The lowest BCUT2D eigenvalue weighted by Crippen LogP contribution is -2.42. The van der Waals surface area contributed by atoms with Crippen molar-refractivity contribution in [2.45, 2.75) is 28.8 Å². The molecule has 1 aromatic carbocycles. The molecule has 0 saturated carbocycles. The molecule has 0 bridgehead atoms. The fourth-order valence-electron chi connectivity index (χ4n) is 2.68. The average molecular weight is 446 g/mol. The molecule has 0 aliphatic carbocycles. The zero-order chi connectivity index (χ0) is 20.2. The van der Waals surface area contributed by atoms with Gasteiger partial charge in [-0.2, -0.15) is 0 Å². The largest absolute Gasteiger partial charge is 0.468 e. The van der Waals surface area contributed by atoms with E-state index in [1.54, 1.807) is 0 Å². The number of nitrogens with one attached hydrogen (secondary N) is 1. The summed E-state index contributed by atoms with van der Waals surface area (Å²) in [4.78, 5) is 25.4. The molecule has 0 aromatic heterocycles. The Balaban J connectivity index is 2.18. The molecule has 1 saturated heterocycles. The first kappa shape index (κ1) is 21.9. The van der Waals surface area contributed by atoms with Crippen molar-refractivity contribution in [1.29, 1.82) is 0 Å². The van der Waals surface area contributed by atoms with E-state index < -0.39 is 46.2 Å². The Kier molecular flexibility index (Phi) is 7.50. The van der Waals surface area contributed by atoms with Gasteiger partial charge in [-0.05, 0) is 12.5 Å². The van der Waals surface area contributed by atoms with Crippen LogP contribution in [-0.4, -0.2) is 53.1 Å². The first-order valence-electron chi connectivity index (χ1n) is 7.86. The third kappa shape index (κ3) is 6.34. The van der Waals surface area contributed by atoms with E-state index in [1.807, 2.05) is 0 Å². The zero-order valence-corrected chi connectivity index (χ0v) is 16.5. The molecule has 0 spiro atoms. The summed E-state index contributed by atoms with van der Waals surface area (Å²) >= 11 is 16.8. The summed E-state index contributed by atoms with van der Waals surface area (Å²) in [7, 11) is 1.25. The Labute approximate surface area is 169 Å². The Morgan fingerprint density at radius 1 is 1.33 bits per heavy atom. The Morgan fingerprint density at radius 2 is 2.04 bits per heavy atom. The van der Waals surface area contributed by atoms with Crippen molar-refractivity contribution < 1.29 is 27.8 Å². The minimum absolute atomic E-state index is 0.0729. The molecule has 11 heteroatoms. The van der Waals surface area contributed by atoms with Crippen LogP contribution in [-0.2, 0) is 20.8 Å². The lowest BCUT2D eigenvalue weighted by Gasteiger charge is -2.28. The van der Waals surface area contributed by atoms with E-state index >= 15 is 0 Å². The molecule has 150 valence electrons. The van der Waals surface area contributed by atoms with Gasteiger partial charge in [0, 0.05) is 24.2 Å². The fraction of sp³-hybridized carbons (Fsp3) is 0.500. The van der Waals surface area contributed by atoms with Crippen LogP contribution >= 0.6 is 34.8 Å². The molecule has 1 aromatic rings. The molecule has 1 heterocycles. The number of esters is 1. The molecule has 2 atom stereocenters. The monoisotopic (exact) mass is 444 g/mol. The SMILES string of the molecule is COC(=O)[C@@H]1C[C@@H](N(Cc2ccc(F)cc2F)C(=O)OCC(Cl)(Cl)Cl)CN1. The second-order valence-corrected chi connectivity index (χ2v) is 8.42. The third-order valence-electron chi connectivity index (χ3n) is 3.98. The van der Waals surface area contributed by atoms with Crippen molar-refractivity contribution in [2.75, 3.05) is 20.3 Å². The summed E-state index contributed by atoms with van der Waals surface area (Å²) in [6.45, 7) is -0.490. The number of rotatable bonds is 5. The van der Waals surface area contributed by atoms with Gasteiger partial charge >= 0.3 is 12.1 Å². The quantitative estimate of drug-likeness (QED) is 0.557.